The average Bonchev–Trinajstić information content (AvgIpc) is 3.37. The third kappa shape index (κ3) is 3.36. The Morgan fingerprint density at radius 2 is 2.03 bits per heavy atom. The number of hydrogen-bond acceptors (Lipinski definition) is 6. The molecule has 0 aliphatic rings. The number of nitrogens with zero attached hydrogens (tertiary/aromatic N) is 5. The molecule has 5 aromatic rings. The fraction of sp³-hybridized carbons (Fsp3) is 0.174. The Kier molecular flexibility index (Phi) is 4.63. The summed E-state index contributed by atoms with van der Waals surface area (Å²) in [5.74, 6) is -0.432. The molecule has 1 N–H and O–H groups in total. The zero-order valence-electron chi connectivity index (χ0n) is 17.7. The molecule has 0 spiro atoms. The summed E-state index contributed by atoms with van der Waals surface area (Å²) in [6.45, 7) is 3.81. The molecule has 8 nitrogen and oxygen atoms in total. The Labute approximate surface area is 187 Å². The normalized spacial score (nSPS) is 11.8. The van der Waals surface area contributed by atoms with Gasteiger partial charge in [0.2, 0.25) is 0 Å². The van der Waals surface area contributed by atoms with Crippen LogP contribution in [0.1, 0.15) is 29.9 Å². The first-order chi connectivity index (χ1) is 15.3. The van der Waals surface area contributed by atoms with E-state index < -0.39 is 11.4 Å². The Balaban J connectivity index is 1.50. The van der Waals surface area contributed by atoms with E-state index in [0.29, 0.717) is 4.73 Å². The fourth-order valence-electron chi connectivity index (χ4n) is 3.69. The van der Waals surface area contributed by atoms with Crippen molar-refractivity contribution in [3.8, 4) is 10.6 Å². The van der Waals surface area contributed by atoms with Gasteiger partial charge in [0, 0.05) is 24.7 Å². The van der Waals surface area contributed by atoms with Crippen molar-refractivity contribution in [2.75, 3.05) is 0 Å². The number of nitrogens with one attached hydrogen (secondary N) is 1. The van der Waals surface area contributed by atoms with Crippen molar-refractivity contribution in [2.45, 2.75) is 19.4 Å². The van der Waals surface area contributed by atoms with Crippen LogP contribution in [0.25, 0.3) is 32.0 Å². The minimum Gasteiger partial charge on any atom is -0.618 e. The summed E-state index contributed by atoms with van der Waals surface area (Å²) in [5.41, 5.74) is 3.76. The molecular weight excluding hydrogens is 424 g/mol. The van der Waals surface area contributed by atoms with E-state index in [1.54, 1.807) is 24.7 Å². The van der Waals surface area contributed by atoms with E-state index in [-0.39, 0.29) is 5.69 Å². The number of pyridine rings is 2. The molecule has 160 valence electrons. The number of amides is 1. The Bertz CT molecular complexity index is 1490. The molecule has 0 unspecified atom stereocenters. The monoisotopic (exact) mass is 444 g/mol. The molecular formula is C23H20N6O2S. The second kappa shape index (κ2) is 7.38. The number of rotatable bonds is 4. The van der Waals surface area contributed by atoms with Gasteiger partial charge in [0.25, 0.3) is 5.69 Å². The largest absolute Gasteiger partial charge is 0.618 e. The summed E-state index contributed by atoms with van der Waals surface area (Å²) in [6, 6.07) is 12.6. The van der Waals surface area contributed by atoms with Crippen molar-refractivity contribution in [1.82, 2.24) is 24.8 Å². The van der Waals surface area contributed by atoms with Crippen molar-refractivity contribution in [3.63, 3.8) is 0 Å². The van der Waals surface area contributed by atoms with Crippen molar-refractivity contribution < 1.29 is 9.52 Å². The van der Waals surface area contributed by atoms with E-state index in [2.05, 4.69) is 15.3 Å². The number of fused-ring (bicyclic) bond motifs is 3. The molecule has 0 saturated carbocycles. The fourth-order valence-corrected chi connectivity index (χ4v) is 4.60. The van der Waals surface area contributed by atoms with Gasteiger partial charge in [-0.15, -0.1) is 0 Å². The molecule has 0 radical (unpaired) electrons. The molecule has 5 rings (SSSR count). The Morgan fingerprint density at radius 3 is 2.84 bits per heavy atom. The summed E-state index contributed by atoms with van der Waals surface area (Å²) in [4.78, 5) is 27.3. The minimum absolute atomic E-state index is 0.0502. The van der Waals surface area contributed by atoms with Gasteiger partial charge in [-0.25, -0.2) is 15.0 Å². The molecule has 4 heterocycles. The molecule has 0 aliphatic carbocycles. The maximum Gasteiger partial charge on any atom is 0.318 e. The van der Waals surface area contributed by atoms with E-state index in [1.807, 2.05) is 49.7 Å². The van der Waals surface area contributed by atoms with Crippen molar-refractivity contribution in [2.24, 2.45) is 7.05 Å². The van der Waals surface area contributed by atoms with E-state index in [4.69, 9.17) is 4.98 Å². The highest BCUT2D eigenvalue weighted by Crippen LogP contribution is 2.34. The molecule has 0 aliphatic heterocycles. The molecule has 0 fully saturated rings. The number of aryl methyl sites for hydroxylation is 1. The van der Waals surface area contributed by atoms with Crippen LogP contribution >= 0.6 is 11.3 Å². The second-order valence-corrected chi connectivity index (χ2v) is 9.07. The van der Waals surface area contributed by atoms with Gasteiger partial charge in [0.1, 0.15) is 20.9 Å². The summed E-state index contributed by atoms with van der Waals surface area (Å²) >= 11 is 1.51. The van der Waals surface area contributed by atoms with Gasteiger partial charge < -0.3 is 15.1 Å². The average molecular weight is 445 g/mol. The predicted octanol–water partition coefficient (Wildman–Crippen LogP) is 3.54. The Hall–Kier alpha value is -3.85. The molecule has 1 aromatic carbocycles. The SMILES string of the molecule is Cn1cnc2cnc3sc(-c4cccc(C(C)(C)NC(=O)c5cccc[n+]5[O-])c4)nc3c21. The van der Waals surface area contributed by atoms with E-state index in [9.17, 15) is 10.0 Å². The standard InChI is InChI=1S/C23H20N6O2S/c1-23(2,27-20(30)17-9-4-5-10-29(17)31)15-8-6-7-14(11-15)21-26-18-19-16(25-13-28(19)3)12-24-22(18)32-21/h4-13H,1-3H3,(H,27,30). The minimum atomic E-state index is -0.708. The molecule has 0 saturated heterocycles. The molecule has 0 bridgehead atoms. The van der Waals surface area contributed by atoms with Gasteiger partial charge in [-0.05, 0) is 31.5 Å². The molecule has 32 heavy (non-hydrogen) atoms. The number of carbonyl (C=O) groups excluding carboxylic acids is 1. The number of thiazole rings is 1. The van der Waals surface area contributed by atoms with Crippen molar-refractivity contribution >= 4 is 38.6 Å². The topological polar surface area (TPSA) is 99.6 Å². The zero-order valence-corrected chi connectivity index (χ0v) is 18.6. The lowest BCUT2D eigenvalue weighted by Gasteiger charge is -2.26. The van der Waals surface area contributed by atoms with Crippen LogP contribution < -0.4 is 10.0 Å². The first kappa shape index (κ1) is 20.1. The van der Waals surface area contributed by atoms with Crippen LogP contribution in [0.5, 0.6) is 0 Å². The van der Waals surface area contributed by atoms with Crippen LogP contribution in [0.4, 0.5) is 0 Å². The van der Waals surface area contributed by atoms with Crippen LogP contribution in [0, 0.1) is 5.21 Å². The third-order valence-electron chi connectivity index (χ3n) is 5.42. The van der Waals surface area contributed by atoms with Gasteiger partial charge in [0.05, 0.1) is 23.6 Å². The first-order valence-electron chi connectivity index (χ1n) is 10.0. The maximum absolute atomic E-state index is 12.7. The van der Waals surface area contributed by atoms with Crippen LogP contribution in [0.2, 0.25) is 0 Å². The lowest BCUT2D eigenvalue weighted by molar-refractivity contribution is -0.607. The summed E-state index contributed by atoms with van der Waals surface area (Å²) < 4.78 is 2.51. The molecule has 4 aromatic heterocycles. The second-order valence-electron chi connectivity index (χ2n) is 8.09. The summed E-state index contributed by atoms with van der Waals surface area (Å²) in [5, 5.41) is 15.7. The van der Waals surface area contributed by atoms with Gasteiger partial charge in [0.15, 0.2) is 6.20 Å². The number of benzene rings is 1. The highest BCUT2D eigenvalue weighted by molar-refractivity contribution is 7.21. The van der Waals surface area contributed by atoms with E-state index in [1.165, 1.54) is 23.6 Å². The molecule has 9 heteroatoms. The predicted molar refractivity (Wildman–Crippen MR) is 123 cm³/mol. The van der Waals surface area contributed by atoms with E-state index >= 15 is 0 Å². The molecule has 1 amide bonds. The number of carbonyl (C=O) groups is 1. The van der Waals surface area contributed by atoms with Crippen molar-refractivity contribution in [3.05, 3.63) is 77.7 Å². The summed E-state index contributed by atoms with van der Waals surface area (Å²) in [7, 11) is 1.94. The van der Waals surface area contributed by atoms with Gasteiger partial charge in [-0.1, -0.05) is 29.5 Å². The smallest absolute Gasteiger partial charge is 0.318 e. The Morgan fingerprint density at radius 1 is 1.19 bits per heavy atom. The highest BCUT2D eigenvalue weighted by atomic mass is 32.1. The highest BCUT2D eigenvalue weighted by Gasteiger charge is 2.27. The lowest BCUT2D eigenvalue weighted by Crippen LogP contribution is -2.46. The quantitative estimate of drug-likeness (QED) is 0.338. The van der Waals surface area contributed by atoms with Crippen LogP contribution in [0.15, 0.2) is 61.2 Å². The van der Waals surface area contributed by atoms with E-state index in [0.717, 1.165) is 37.5 Å². The number of imidazole rings is 1. The van der Waals surface area contributed by atoms with Gasteiger partial charge in [-0.3, -0.25) is 4.79 Å². The number of hydrogen-bond donors (Lipinski definition) is 1. The van der Waals surface area contributed by atoms with Crippen molar-refractivity contribution in [1.29, 1.82) is 0 Å². The van der Waals surface area contributed by atoms with Gasteiger partial charge in [-0.2, -0.15) is 4.73 Å². The van der Waals surface area contributed by atoms with Crippen LogP contribution in [0.3, 0.4) is 0 Å². The first-order valence-corrected chi connectivity index (χ1v) is 10.8. The van der Waals surface area contributed by atoms with Crippen LogP contribution in [-0.2, 0) is 12.6 Å². The third-order valence-corrected chi connectivity index (χ3v) is 6.43. The van der Waals surface area contributed by atoms with Crippen LogP contribution in [-0.4, -0.2) is 25.4 Å². The zero-order chi connectivity index (χ0) is 22.5. The number of aromatic nitrogens is 5. The molecule has 0 atom stereocenters. The lowest BCUT2D eigenvalue weighted by atomic mass is 9.92. The summed E-state index contributed by atoms with van der Waals surface area (Å²) in [6.07, 6.45) is 4.83. The van der Waals surface area contributed by atoms with Gasteiger partial charge >= 0.3 is 5.91 Å². The maximum atomic E-state index is 12.7.